The maximum atomic E-state index is 13.8. The van der Waals surface area contributed by atoms with Gasteiger partial charge in [-0.3, -0.25) is 4.98 Å². The summed E-state index contributed by atoms with van der Waals surface area (Å²) in [5.74, 6) is -0.485. The van der Waals surface area contributed by atoms with E-state index in [1.807, 2.05) is 12.1 Å². The number of pyridine rings is 1. The Morgan fingerprint density at radius 3 is 2.54 bits per heavy atom. The molecular weight excluding hydrogens is 353 g/mol. The maximum Gasteiger partial charge on any atom is 0.156 e. The van der Waals surface area contributed by atoms with Gasteiger partial charge in [0.2, 0.25) is 0 Å². The van der Waals surface area contributed by atoms with Gasteiger partial charge in [0.05, 0.1) is 16.9 Å². The second kappa shape index (κ2) is 6.45. The summed E-state index contributed by atoms with van der Waals surface area (Å²) in [5, 5.41) is 10.2. The number of benzene rings is 2. The Morgan fingerprint density at radius 1 is 1.15 bits per heavy atom. The summed E-state index contributed by atoms with van der Waals surface area (Å²) in [5.41, 5.74) is 2.87. The minimum absolute atomic E-state index is 0.180. The van der Waals surface area contributed by atoms with Crippen LogP contribution >= 0.6 is 0 Å². The molecular formula is C20H20FNO3S. The molecule has 1 aromatic heterocycles. The Bertz CT molecular complexity index is 1090. The molecule has 136 valence electrons. The number of aliphatic hydroxyl groups is 1. The lowest BCUT2D eigenvalue weighted by Crippen LogP contribution is -2.28. The highest BCUT2D eigenvalue weighted by atomic mass is 32.2. The van der Waals surface area contributed by atoms with Gasteiger partial charge in [-0.15, -0.1) is 0 Å². The van der Waals surface area contributed by atoms with E-state index in [0.29, 0.717) is 22.2 Å². The molecule has 2 aromatic carbocycles. The Hall–Kier alpha value is -2.31. The van der Waals surface area contributed by atoms with Crippen LogP contribution in [0.2, 0.25) is 0 Å². The van der Waals surface area contributed by atoms with Gasteiger partial charge in [0.25, 0.3) is 0 Å². The van der Waals surface area contributed by atoms with Crippen molar-refractivity contribution in [2.45, 2.75) is 25.2 Å². The number of aromatic nitrogens is 1. The molecule has 0 aliphatic heterocycles. The van der Waals surface area contributed by atoms with Crippen molar-refractivity contribution in [1.29, 1.82) is 0 Å². The lowest BCUT2D eigenvalue weighted by Gasteiger charge is -2.24. The van der Waals surface area contributed by atoms with Crippen LogP contribution in [0.5, 0.6) is 0 Å². The van der Waals surface area contributed by atoms with Crippen molar-refractivity contribution in [3.8, 4) is 11.1 Å². The first-order valence-electron chi connectivity index (χ1n) is 8.13. The van der Waals surface area contributed by atoms with E-state index >= 15 is 0 Å². The fourth-order valence-corrected chi connectivity index (χ4v) is 3.38. The molecule has 0 aliphatic carbocycles. The highest BCUT2D eigenvalue weighted by Gasteiger charge is 2.33. The van der Waals surface area contributed by atoms with Gasteiger partial charge < -0.3 is 5.11 Å². The molecule has 0 saturated carbocycles. The van der Waals surface area contributed by atoms with Crippen molar-refractivity contribution in [2.24, 2.45) is 0 Å². The molecule has 0 aliphatic rings. The van der Waals surface area contributed by atoms with Crippen molar-refractivity contribution in [2.75, 3.05) is 6.26 Å². The Kier molecular flexibility index (Phi) is 4.58. The molecule has 4 nitrogen and oxygen atoms in total. The number of rotatable bonds is 4. The number of sulfone groups is 1. The summed E-state index contributed by atoms with van der Waals surface area (Å²) in [7, 11) is -3.36. The molecule has 0 amide bonds. The monoisotopic (exact) mass is 373 g/mol. The summed E-state index contributed by atoms with van der Waals surface area (Å²) in [6.45, 7) is 2.90. The average Bonchev–Trinajstić information content (AvgIpc) is 2.60. The van der Waals surface area contributed by atoms with Crippen molar-refractivity contribution in [3.63, 3.8) is 0 Å². The molecule has 0 bridgehead atoms. The van der Waals surface area contributed by atoms with Gasteiger partial charge in [0, 0.05) is 29.0 Å². The molecule has 0 atom stereocenters. The van der Waals surface area contributed by atoms with E-state index in [4.69, 9.17) is 0 Å². The quantitative estimate of drug-likeness (QED) is 0.755. The highest BCUT2D eigenvalue weighted by molar-refractivity contribution is 7.91. The molecule has 0 radical (unpaired) electrons. The Morgan fingerprint density at radius 2 is 1.88 bits per heavy atom. The zero-order valence-electron chi connectivity index (χ0n) is 14.8. The van der Waals surface area contributed by atoms with Crippen LogP contribution in [-0.4, -0.2) is 24.8 Å². The summed E-state index contributed by atoms with van der Waals surface area (Å²) in [6, 6.07) is 11.7. The van der Waals surface area contributed by atoms with Crippen molar-refractivity contribution < 1.29 is 17.9 Å². The van der Waals surface area contributed by atoms with Crippen molar-refractivity contribution in [1.82, 2.24) is 4.98 Å². The predicted octanol–water partition coefficient (Wildman–Crippen LogP) is 3.81. The number of halogens is 1. The molecule has 0 spiro atoms. The molecule has 0 unspecified atom stereocenters. The van der Waals surface area contributed by atoms with Crippen LogP contribution in [0.3, 0.4) is 0 Å². The number of hydrogen-bond acceptors (Lipinski definition) is 4. The topological polar surface area (TPSA) is 67.3 Å². The summed E-state index contributed by atoms with van der Waals surface area (Å²) >= 11 is 0. The molecule has 26 heavy (non-hydrogen) atoms. The van der Waals surface area contributed by atoms with E-state index in [1.165, 1.54) is 12.3 Å². The zero-order chi connectivity index (χ0) is 19.1. The van der Waals surface area contributed by atoms with Crippen molar-refractivity contribution in [3.05, 3.63) is 65.6 Å². The number of fused-ring (bicyclic) bond motifs is 1. The lowest BCUT2D eigenvalue weighted by molar-refractivity contribution is 0.276. The third kappa shape index (κ3) is 3.10. The lowest BCUT2D eigenvalue weighted by atomic mass is 9.93. The second-order valence-electron chi connectivity index (χ2n) is 6.85. The minimum Gasteiger partial charge on any atom is -0.392 e. The summed E-state index contributed by atoms with van der Waals surface area (Å²) in [6.07, 6.45) is 2.87. The number of nitrogens with zero attached hydrogens (tertiary/aromatic N) is 1. The van der Waals surface area contributed by atoms with Crippen LogP contribution in [0.1, 0.15) is 25.0 Å². The minimum atomic E-state index is -3.36. The molecule has 0 fully saturated rings. The number of aliphatic hydroxyl groups excluding tert-OH is 1. The van der Waals surface area contributed by atoms with Crippen molar-refractivity contribution >= 4 is 20.7 Å². The molecule has 6 heteroatoms. The highest BCUT2D eigenvalue weighted by Crippen LogP contribution is 2.36. The van der Waals surface area contributed by atoms with E-state index in [0.717, 1.165) is 5.39 Å². The standard InChI is InChI=1S/C20H20FNO3S/c1-20(2,26(3,24)25)16-10-14-5-4-8-22-19(14)17(11-16)13-6-7-18(21)15(9-13)12-23/h4-11,23H,12H2,1-3H3. The zero-order valence-corrected chi connectivity index (χ0v) is 15.6. The van der Waals surface area contributed by atoms with Crippen LogP contribution in [0.4, 0.5) is 4.39 Å². The number of hydrogen-bond donors (Lipinski definition) is 1. The predicted molar refractivity (Wildman–Crippen MR) is 101 cm³/mol. The molecule has 3 rings (SSSR count). The maximum absolute atomic E-state index is 13.8. The van der Waals surface area contributed by atoms with Crippen LogP contribution in [-0.2, 0) is 21.2 Å². The fourth-order valence-electron chi connectivity index (χ4n) is 2.84. The van der Waals surface area contributed by atoms with Gasteiger partial charge >= 0.3 is 0 Å². The first-order valence-corrected chi connectivity index (χ1v) is 10.0. The SMILES string of the molecule is CC(C)(c1cc(-c2ccc(F)c(CO)c2)c2ncccc2c1)S(C)(=O)=O. The first kappa shape index (κ1) is 18.5. The van der Waals surface area contributed by atoms with Crippen LogP contribution in [0.25, 0.3) is 22.0 Å². The van der Waals surface area contributed by atoms with E-state index in [1.54, 1.807) is 44.3 Å². The van der Waals surface area contributed by atoms with E-state index in [-0.39, 0.29) is 5.56 Å². The van der Waals surface area contributed by atoms with Gasteiger partial charge in [-0.05, 0) is 55.3 Å². The molecule has 1 N–H and O–H groups in total. The van der Waals surface area contributed by atoms with E-state index < -0.39 is 27.0 Å². The second-order valence-corrected chi connectivity index (χ2v) is 9.41. The summed E-state index contributed by atoms with van der Waals surface area (Å²) < 4.78 is 37.2. The largest absolute Gasteiger partial charge is 0.392 e. The molecule has 3 aromatic rings. The van der Waals surface area contributed by atoms with Gasteiger partial charge in [-0.1, -0.05) is 12.1 Å². The molecule has 1 heterocycles. The smallest absolute Gasteiger partial charge is 0.156 e. The fraction of sp³-hybridized carbons (Fsp3) is 0.250. The van der Waals surface area contributed by atoms with Crippen LogP contribution < -0.4 is 0 Å². The Labute approximate surface area is 152 Å². The van der Waals surface area contributed by atoms with E-state index in [2.05, 4.69) is 4.98 Å². The van der Waals surface area contributed by atoms with Gasteiger partial charge in [-0.2, -0.15) is 0 Å². The molecule has 0 saturated heterocycles. The third-order valence-corrected chi connectivity index (χ3v) is 6.94. The normalized spacial score (nSPS) is 12.5. The van der Waals surface area contributed by atoms with Gasteiger partial charge in [-0.25, -0.2) is 12.8 Å². The van der Waals surface area contributed by atoms with Gasteiger partial charge in [0.15, 0.2) is 9.84 Å². The summed E-state index contributed by atoms with van der Waals surface area (Å²) in [4.78, 5) is 4.42. The van der Waals surface area contributed by atoms with Gasteiger partial charge in [0.1, 0.15) is 5.82 Å². The Balaban J connectivity index is 2.35. The third-order valence-electron chi connectivity index (χ3n) is 4.85. The van der Waals surface area contributed by atoms with Crippen LogP contribution in [0.15, 0.2) is 48.7 Å². The first-order chi connectivity index (χ1) is 12.1. The average molecular weight is 373 g/mol. The van der Waals surface area contributed by atoms with Crippen LogP contribution in [0, 0.1) is 5.82 Å². The van der Waals surface area contributed by atoms with E-state index in [9.17, 15) is 17.9 Å².